The SMILES string of the molecule is CO[C@@H]1CCCN(c2cc(Cl)ncn2)C1. The molecule has 4 nitrogen and oxygen atoms in total. The molecule has 1 aliphatic rings. The van der Waals surface area contributed by atoms with E-state index in [9.17, 15) is 0 Å². The number of ether oxygens (including phenoxy) is 1. The molecule has 0 aromatic carbocycles. The minimum Gasteiger partial charge on any atom is -0.380 e. The van der Waals surface area contributed by atoms with Gasteiger partial charge >= 0.3 is 0 Å². The topological polar surface area (TPSA) is 38.2 Å². The van der Waals surface area contributed by atoms with E-state index < -0.39 is 0 Å². The van der Waals surface area contributed by atoms with Crippen LogP contribution in [0.25, 0.3) is 0 Å². The van der Waals surface area contributed by atoms with Crippen molar-refractivity contribution in [3.63, 3.8) is 0 Å². The van der Waals surface area contributed by atoms with E-state index in [1.54, 1.807) is 13.2 Å². The molecule has 0 N–H and O–H groups in total. The molecule has 1 aromatic heterocycles. The molecule has 0 bridgehead atoms. The Balaban J connectivity index is 2.09. The number of hydrogen-bond donors (Lipinski definition) is 0. The number of rotatable bonds is 2. The van der Waals surface area contributed by atoms with Crippen LogP contribution in [0.3, 0.4) is 0 Å². The van der Waals surface area contributed by atoms with E-state index in [1.165, 1.54) is 6.33 Å². The minimum atomic E-state index is 0.299. The Kier molecular flexibility index (Phi) is 3.38. The van der Waals surface area contributed by atoms with E-state index in [-0.39, 0.29) is 0 Å². The third-order valence-corrected chi connectivity index (χ3v) is 2.86. The smallest absolute Gasteiger partial charge is 0.134 e. The van der Waals surface area contributed by atoms with Crippen molar-refractivity contribution >= 4 is 17.4 Å². The first-order valence-electron chi connectivity index (χ1n) is 5.05. The van der Waals surface area contributed by atoms with Gasteiger partial charge in [0.1, 0.15) is 17.3 Å². The predicted octanol–water partition coefficient (Wildman–Crippen LogP) is 1.75. The third-order valence-electron chi connectivity index (χ3n) is 2.65. The molecule has 1 atom stereocenters. The molecule has 5 heteroatoms. The minimum absolute atomic E-state index is 0.299. The van der Waals surface area contributed by atoms with Gasteiger partial charge in [-0.05, 0) is 12.8 Å². The molecule has 0 aliphatic carbocycles. The summed E-state index contributed by atoms with van der Waals surface area (Å²) in [4.78, 5) is 10.3. The van der Waals surface area contributed by atoms with Crippen molar-refractivity contribution in [3.8, 4) is 0 Å². The van der Waals surface area contributed by atoms with Gasteiger partial charge in [0.2, 0.25) is 0 Å². The lowest BCUT2D eigenvalue weighted by Gasteiger charge is -2.32. The van der Waals surface area contributed by atoms with Crippen LogP contribution in [0.4, 0.5) is 5.82 Å². The van der Waals surface area contributed by atoms with Crippen molar-refractivity contribution in [2.24, 2.45) is 0 Å². The normalized spacial score (nSPS) is 21.7. The van der Waals surface area contributed by atoms with Gasteiger partial charge in [0.15, 0.2) is 0 Å². The van der Waals surface area contributed by atoms with Crippen LogP contribution in [-0.2, 0) is 4.74 Å². The summed E-state index contributed by atoms with van der Waals surface area (Å²) in [6.07, 6.45) is 4.03. The van der Waals surface area contributed by atoms with Crippen molar-refractivity contribution in [2.75, 3.05) is 25.1 Å². The molecule has 15 heavy (non-hydrogen) atoms. The van der Waals surface area contributed by atoms with Gasteiger partial charge in [-0.25, -0.2) is 9.97 Å². The van der Waals surface area contributed by atoms with Crippen LogP contribution < -0.4 is 4.90 Å². The second kappa shape index (κ2) is 4.77. The highest BCUT2D eigenvalue weighted by molar-refractivity contribution is 6.29. The highest BCUT2D eigenvalue weighted by atomic mass is 35.5. The second-order valence-corrected chi connectivity index (χ2v) is 4.03. The molecule has 0 spiro atoms. The molecule has 1 aromatic rings. The van der Waals surface area contributed by atoms with E-state index in [0.717, 1.165) is 31.7 Å². The molecule has 2 rings (SSSR count). The fourth-order valence-electron chi connectivity index (χ4n) is 1.84. The molecule has 1 fully saturated rings. The fourth-order valence-corrected chi connectivity index (χ4v) is 1.98. The molecular weight excluding hydrogens is 214 g/mol. The largest absolute Gasteiger partial charge is 0.380 e. The number of nitrogens with zero attached hydrogens (tertiary/aromatic N) is 3. The number of aromatic nitrogens is 2. The van der Waals surface area contributed by atoms with E-state index in [2.05, 4.69) is 14.9 Å². The quantitative estimate of drug-likeness (QED) is 0.722. The number of halogens is 1. The van der Waals surface area contributed by atoms with Gasteiger partial charge in [-0.3, -0.25) is 0 Å². The van der Waals surface area contributed by atoms with Crippen LogP contribution in [0, 0.1) is 0 Å². The van der Waals surface area contributed by atoms with Gasteiger partial charge < -0.3 is 9.64 Å². The predicted molar refractivity (Wildman–Crippen MR) is 59.3 cm³/mol. The Bertz CT molecular complexity index is 334. The van der Waals surface area contributed by atoms with Crippen molar-refractivity contribution in [2.45, 2.75) is 18.9 Å². The highest BCUT2D eigenvalue weighted by Crippen LogP contribution is 2.20. The van der Waals surface area contributed by atoms with Gasteiger partial charge in [0, 0.05) is 26.3 Å². The lowest BCUT2D eigenvalue weighted by atomic mass is 10.1. The molecular formula is C10H14ClN3O. The molecule has 1 saturated heterocycles. The number of methoxy groups -OCH3 is 1. The Hall–Kier alpha value is -0.870. The standard InChI is InChI=1S/C10H14ClN3O/c1-15-8-3-2-4-14(6-8)10-5-9(11)12-7-13-10/h5,7-8H,2-4,6H2,1H3/t8-/m1/s1. The summed E-state index contributed by atoms with van der Waals surface area (Å²) in [7, 11) is 1.75. The molecule has 0 saturated carbocycles. The molecule has 2 heterocycles. The van der Waals surface area contributed by atoms with Crippen LogP contribution in [0.5, 0.6) is 0 Å². The summed E-state index contributed by atoms with van der Waals surface area (Å²) in [5, 5.41) is 0.486. The Morgan fingerprint density at radius 3 is 3.13 bits per heavy atom. The Morgan fingerprint density at radius 1 is 1.53 bits per heavy atom. The summed E-state index contributed by atoms with van der Waals surface area (Å²) in [5.74, 6) is 0.886. The van der Waals surface area contributed by atoms with Crippen molar-refractivity contribution in [1.29, 1.82) is 0 Å². The zero-order valence-electron chi connectivity index (χ0n) is 8.69. The van der Waals surface area contributed by atoms with Gasteiger partial charge in [0.25, 0.3) is 0 Å². The lowest BCUT2D eigenvalue weighted by molar-refractivity contribution is 0.0891. The van der Waals surface area contributed by atoms with Crippen LogP contribution in [0.1, 0.15) is 12.8 Å². The zero-order valence-corrected chi connectivity index (χ0v) is 9.44. The summed E-state index contributed by atoms with van der Waals surface area (Å²) >= 11 is 5.83. The van der Waals surface area contributed by atoms with Gasteiger partial charge in [-0.2, -0.15) is 0 Å². The zero-order chi connectivity index (χ0) is 10.7. The Labute approximate surface area is 94.2 Å². The van der Waals surface area contributed by atoms with E-state index in [0.29, 0.717) is 11.3 Å². The first kappa shape index (κ1) is 10.6. The number of hydrogen-bond acceptors (Lipinski definition) is 4. The second-order valence-electron chi connectivity index (χ2n) is 3.64. The molecule has 82 valence electrons. The van der Waals surface area contributed by atoms with Gasteiger partial charge in [0.05, 0.1) is 6.10 Å². The maximum atomic E-state index is 5.83. The molecule has 0 radical (unpaired) electrons. The van der Waals surface area contributed by atoms with E-state index in [4.69, 9.17) is 16.3 Å². The van der Waals surface area contributed by atoms with Crippen LogP contribution in [0.15, 0.2) is 12.4 Å². The van der Waals surface area contributed by atoms with Crippen molar-refractivity contribution in [1.82, 2.24) is 9.97 Å². The average molecular weight is 228 g/mol. The summed E-state index contributed by atoms with van der Waals surface area (Å²) < 4.78 is 5.36. The van der Waals surface area contributed by atoms with Crippen LogP contribution >= 0.6 is 11.6 Å². The maximum Gasteiger partial charge on any atom is 0.134 e. The van der Waals surface area contributed by atoms with Gasteiger partial charge in [-0.1, -0.05) is 11.6 Å². The average Bonchev–Trinajstić information content (AvgIpc) is 2.29. The molecule has 0 unspecified atom stereocenters. The molecule has 0 amide bonds. The van der Waals surface area contributed by atoms with E-state index >= 15 is 0 Å². The fraction of sp³-hybridized carbons (Fsp3) is 0.600. The molecule has 1 aliphatic heterocycles. The third kappa shape index (κ3) is 2.58. The van der Waals surface area contributed by atoms with Crippen LogP contribution in [0.2, 0.25) is 5.15 Å². The first-order valence-corrected chi connectivity index (χ1v) is 5.42. The number of anilines is 1. The van der Waals surface area contributed by atoms with Gasteiger partial charge in [-0.15, -0.1) is 0 Å². The lowest BCUT2D eigenvalue weighted by Crippen LogP contribution is -2.39. The first-order chi connectivity index (χ1) is 7.29. The Morgan fingerprint density at radius 2 is 2.40 bits per heavy atom. The maximum absolute atomic E-state index is 5.83. The van der Waals surface area contributed by atoms with E-state index in [1.807, 2.05) is 0 Å². The monoisotopic (exact) mass is 227 g/mol. The summed E-state index contributed by atoms with van der Waals surface area (Å²) in [6.45, 7) is 1.89. The van der Waals surface area contributed by atoms with Crippen molar-refractivity contribution < 1.29 is 4.74 Å². The van der Waals surface area contributed by atoms with Crippen molar-refractivity contribution in [3.05, 3.63) is 17.5 Å². The van der Waals surface area contributed by atoms with Crippen LogP contribution in [-0.4, -0.2) is 36.3 Å². The summed E-state index contributed by atoms with van der Waals surface area (Å²) in [5.41, 5.74) is 0. The number of piperidine rings is 1. The summed E-state index contributed by atoms with van der Waals surface area (Å²) in [6, 6.07) is 1.79. The highest BCUT2D eigenvalue weighted by Gasteiger charge is 2.20.